The molecule has 1 heterocycles. The standard InChI is InChI=1S/C15H13ClN4O4/c16-11-4-1-5-12(20(23)24)14(11)15(22)19-9-13(21)18-8-10-3-2-6-17-7-10/h1-7H,8-9H2,(H,18,21)(H,19,22). The lowest BCUT2D eigenvalue weighted by Gasteiger charge is -2.08. The normalized spacial score (nSPS) is 10.0. The average Bonchev–Trinajstić information content (AvgIpc) is 2.58. The Hall–Kier alpha value is -3.00. The number of halogens is 1. The highest BCUT2D eigenvalue weighted by molar-refractivity contribution is 6.34. The number of hydrogen-bond acceptors (Lipinski definition) is 5. The third-order valence-electron chi connectivity index (χ3n) is 3.04. The monoisotopic (exact) mass is 348 g/mol. The van der Waals surface area contributed by atoms with E-state index in [1.54, 1.807) is 24.5 Å². The van der Waals surface area contributed by atoms with E-state index in [4.69, 9.17) is 11.6 Å². The summed E-state index contributed by atoms with van der Waals surface area (Å²) < 4.78 is 0. The van der Waals surface area contributed by atoms with Crippen LogP contribution in [0.1, 0.15) is 15.9 Å². The van der Waals surface area contributed by atoms with E-state index in [-0.39, 0.29) is 23.7 Å². The minimum Gasteiger partial charge on any atom is -0.350 e. The predicted molar refractivity (Wildman–Crippen MR) is 86.5 cm³/mol. The van der Waals surface area contributed by atoms with Gasteiger partial charge in [-0.2, -0.15) is 0 Å². The first kappa shape index (κ1) is 17.4. The Morgan fingerprint density at radius 3 is 2.67 bits per heavy atom. The van der Waals surface area contributed by atoms with E-state index in [2.05, 4.69) is 15.6 Å². The predicted octanol–water partition coefficient (Wildman–Crippen LogP) is 1.69. The van der Waals surface area contributed by atoms with Crippen molar-refractivity contribution in [2.24, 2.45) is 0 Å². The second-order valence-electron chi connectivity index (χ2n) is 4.71. The van der Waals surface area contributed by atoms with Crippen molar-refractivity contribution in [2.75, 3.05) is 6.54 Å². The zero-order chi connectivity index (χ0) is 17.5. The fourth-order valence-corrected chi connectivity index (χ4v) is 2.16. The molecule has 2 rings (SSSR count). The van der Waals surface area contributed by atoms with Crippen molar-refractivity contribution in [1.82, 2.24) is 15.6 Å². The van der Waals surface area contributed by atoms with Gasteiger partial charge in [-0.1, -0.05) is 23.7 Å². The molecule has 2 aromatic rings. The van der Waals surface area contributed by atoms with Gasteiger partial charge >= 0.3 is 0 Å². The molecule has 9 heteroatoms. The number of carbonyl (C=O) groups is 2. The van der Waals surface area contributed by atoms with Crippen LogP contribution in [0.4, 0.5) is 5.69 Å². The minimum absolute atomic E-state index is 0.0579. The summed E-state index contributed by atoms with van der Waals surface area (Å²) in [6.07, 6.45) is 3.22. The van der Waals surface area contributed by atoms with Crippen molar-refractivity contribution in [3.63, 3.8) is 0 Å². The summed E-state index contributed by atoms with van der Waals surface area (Å²) >= 11 is 5.85. The molecule has 0 bridgehead atoms. The Balaban J connectivity index is 1.94. The van der Waals surface area contributed by atoms with Gasteiger partial charge in [-0.3, -0.25) is 24.7 Å². The molecule has 1 aromatic carbocycles. The highest BCUT2D eigenvalue weighted by Gasteiger charge is 2.23. The highest BCUT2D eigenvalue weighted by atomic mass is 35.5. The SMILES string of the molecule is O=C(CNC(=O)c1c(Cl)cccc1[N+](=O)[O-])NCc1cccnc1. The van der Waals surface area contributed by atoms with Gasteiger partial charge in [0, 0.05) is 25.0 Å². The van der Waals surface area contributed by atoms with Gasteiger partial charge in [0.2, 0.25) is 5.91 Å². The maximum Gasteiger partial charge on any atom is 0.283 e. The van der Waals surface area contributed by atoms with Crippen molar-refractivity contribution in [3.8, 4) is 0 Å². The molecule has 124 valence electrons. The lowest BCUT2D eigenvalue weighted by Crippen LogP contribution is -2.36. The van der Waals surface area contributed by atoms with Gasteiger partial charge in [0.15, 0.2) is 0 Å². The molecular weight excluding hydrogens is 336 g/mol. The van der Waals surface area contributed by atoms with Gasteiger partial charge in [0.25, 0.3) is 11.6 Å². The molecule has 0 aliphatic carbocycles. The molecule has 0 radical (unpaired) electrons. The van der Waals surface area contributed by atoms with Gasteiger partial charge in [-0.05, 0) is 17.7 Å². The Bertz CT molecular complexity index is 767. The zero-order valence-electron chi connectivity index (χ0n) is 12.4. The van der Waals surface area contributed by atoms with Crippen LogP contribution in [0, 0.1) is 10.1 Å². The summed E-state index contributed by atoms with van der Waals surface area (Å²) in [5.41, 5.74) is 0.110. The van der Waals surface area contributed by atoms with E-state index < -0.39 is 22.4 Å². The van der Waals surface area contributed by atoms with Crippen molar-refractivity contribution in [2.45, 2.75) is 6.54 Å². The number of benzene rings is 1. The summed E-state index contributed by atoms with van der Waals surface area (Å²) in [7, 11) is 0. The van der Waals surface area contributed by atoms with E-state index in [0.29, 0.717) is 0 Å². The first-order valence-electron chi connectivity index (χ1n) is 6.85. The van der Waals surface area contributed by atoms with E-state index in [0.717, 1.165) is 5.56 Å². The van der Waals surface area contributed by atoms with Crippen molar-refractivity contribution in [3.05, 3.63) is 69.0 Å². The Morgan fingerprint density at radius 1 is 1.21 bits per heavy atom. The molecule has 2 amide bonds. The third-order valence-corrected chi connectivity index (χ3v) is 3.35. The van der Waals surface area contributed by atoms with Crippen LogP contribution in [-0.2, 0) is 11.3 Å². The molecule has 0 aliphatic rings. The fraction of sp³-hybridized carbons (Fsp3) is 0.133. The topological polar surface area (TPSA) is 114 Å². The van der Waals surface area contributed by atoms with Crippen molar-refractivity contribution < 1.29 is 14.5 Å². The Morgan fingerprint density at radius 2 is 2.00 bits per heavy atom. The molecule has 0 unspecified atom stereocenters. The highest BCUT2D eigenvalue weighted by Crippen LogP contribution is 2.25. The Kier molecular flexibility index (Phi) is 5.80. The molecule has 8 nitrogen and oxygen atoms in total. The number of aromatic nitrogens is 1. The van der Waals surface area contributed by atoms with Crippen LogP contribution >= 0.6 is 11.6 Å². The lowest BCUT2D eigenvalue weighted by molar-refractivity contribution is -0.385. The van der Waals surface area contributed by atoms with Gasteiger partial charge in [-0.25, -0.2) is 0 Å². The van der Waals surface area contributed by atoms with E-state index >= 15 is 0 Å². The summed E-state index contributed by atoms with van der Waals surface area (Å²) in [5, 5.41) is 15.8. The molecule has 2 N–H and O–H groups in total. The first-order valence-corrected chi connectivity index (χ1v) is 7.23. The fourth-order valence-electron chi connectivity index (χ4n) is 1.90. The molecule has 24 heavy (non-hydrogen) atoms. The van der Waals surface area contributed by atoms with E-state index in [1.807, 2.05) is 0 Å². The maximum atomic E-state index is 12.1. The largest absolute Gasteiger partial charge is 0.350 e. The number of nitro groups is 1. The van der Waals surface area contributed by atoms with Gasteiger partial charge in [0.1, 0.15) is 5.56 Å². The number of pyridine rings is 1. The number of carbonyl (C=O) groups excluding carboxylic acids is 2. The van der Waals surface area contributed by atoms with Gasteiger partial charge in [-0.15, -0.1) is 0 Å². The number of nitrogens with one attached hydrogen (secondary N) is 2. The molecule has 1 aromatic heterocycles. The second-order valence-corrected chi connectivity index (χ2v) is 5.12. The van der Waals surface area contributed by atoms with Gasteiger partial charge in [0.05, 0.1) is 16.5 Å². The number of hydrogen-bond donors (Lipinski definition) is 2. The molecule has 0 saturated carbocycles. The number of amides is 2. The van der Waals surface area contributed by atoms with Crippen LogP contribution < -0.4 is 10.6 Å². The summed E-state index contributed by atoms with van der Waals surface area (Å²) in [6.45, 7) is -0.0732. The zero-order valence-corrected chi connectivity index (χ0v) is 13.1. The van der Waals surface area contributed by atoms with E-state index in [1.165, 1.54) is 18.2 Å². The summed E-state index contributed by atoms with van der Waals surface area (Å²) in [6, 6.07) is 7.44. The lowest BCUT2D eigenvalue weighted by atomic mass is 10.1. The van der Waals surface area contributed by atoms with Crippen LogP contribution in [-0.4, -0.2) is 28.3 Å². The summed E-state index contributed by atoms with van der Waals surface area (Å²) in [4.78, 5) is 38.0. The van der Waals surface area contributed by atoms with Crippen LogP contribution in [0.25, 0.3) is 0 Å². The van der Waals surface area contributed by atoms with Crippen LogP contribution in [0.3, 0.4) is 0 Å². The summed E-state index contributed by atoms with van der Waals surface area (Å²) in [5.74, 6) is -1.23. The quantitative estimate of drug-likeness (QED) is 0.609. The minimum atomic E-state index is -0.788. The first-order chi connectivity index (χ1) is 11.5. The molecule has 0 aliphatic heterocycles. The molecule has 0 atom stereocenters. The number of nitrogens with zero attached hydrogens (tertiary/aromatic N) is 2. The second kappa shape index (κ2) is 8.02. The van der Waals surface area contributed by atoms with Crippen molar-refractivity contribution >= 4 is 29.1 Å². The maximum absolute atomic E-state index is 12.1. The van der Waals surface area contributed by atoms with Crippen molar-refractivity contribution in [1.29, 1.82) is 0 Å². The van der Waals surface area contributed by atoms with Crippen LogP contribution in [0.15, 0.2) is 42.7 Å². The third kappa shape index (κ3) is 4.50. The van der Waals surface area contributed by atoms with E-state index in [9.17, 15) is 19.7 Å². The van der Waals surface area contributed by atoms with Crippen LogP contribution in [0.5, 0.6) is 0 Å². The average molecular weight is 349 g/mol. The molecule has 0 spiro atoms. The Labute approximate surface area is 142 Å². The molecule has 0 fully saturated rings. The number of nitro benzene ring substituents is 1. The molecular formula is C15H13ClN4O4. The molecule has 0 saturated heterocycles. The number of rotatable bonds is 6. The smallest absolute Gasteiger partial charge is 0.283 e. The van der Waals surface area contributed by atoms with Gasteiger partial charge < -0.3 is 10.6 Å². The van der Waals surface area contributed by atoms with Crippen LogP contribution in [0.2, 0.25) is 5.02 Å².